The number of hydrogen-bond donors (Lipinski definition) is 1. The number of aromatic amines is 1. The number of allylic oxidation sites excluding steroid dienone is 2. The second kappa shape index (κ2) is 8.75. The Morgan fingerprint density at radius 1 is 1.29 bits per heavy atom. The third-order valence-corrected chi connectivity index (χ3v) is 5.25. The summed E-state index contributed by atoms with van der Waals surface area (Å²) in [4.78, 5) is 41.7. The van der Waals surface area contributed by atoms with Crippen LogP contribution in [0, 0.1) is 0 Å². The predicted octanol–water partition coefficient (Wildman–Crippen LogP) is 4.26. The van der Waals surface area contributed by atoms with Gasteiger partial charge in [-0.15, -0.1) is 0 Å². The maximum absolute atomic E-state index is 12.2. The third-order valence-electron chi connectivity index (χ3n) is 4.39. The zero-order chi connectivity index (χ0) is 20.1. The molecule has 6 nitrogen and oxygen atoms in total. The Morgan fingerprint density at radius 2 is 2.04 bits per heavy atom. The molecule has 0 amide bonds. The third kappa shape index (κ3) is 4.26. The van der Waals surface area contributed by atoms with Crippen LogP contribution in [0.2, 0.25) is 0 Å². The molecular weight excluding hydrogens is 374 g/mol. The number of H-pyrrole nitrogens is 1. The number of nitrogens with one attached hydrogen (secondary N) is 1. The van der Waals surface area contributed by atoms with E-state index in [0.29, 0.717) is 11.2 Å². The molecule has 1 N–H and O–H groups in total. The molecule has 0 saturated heterocycles. The molecule has 28 heavy (non-hydrogen) atoms. The first-order valence-corrected chi connectivity index (χ1v) is 9.90. The number of fused-ring (bicyclic) bond motifs is 1. The monoisotopic (exact) mass is 395 g/mol. The quantitative estimate of drug-likeness (QED) is 0.456. The fraction of sp³-hybridized carbons (Fsp3) is 0.238. The van der Waals surface area contributed by atoms with E-state index in [1.54, 1.807) is 6.08 Å². The van der Waals surface area contributed by atoms with E-state index in [-0.39, 0.29) is 22.4 Å². The first-order valence-electron chi connectivity index (χ1n) is 9.08. The number of ketones is 1. The number of rotatable bonds is 8. The van der Waals surface area contributed by atoms with Crippen molar-refractivity contribution in [1.29, 1.82) is 0 Å². The lowest BCUT2D eigenvalue weighted by Gasteiger charge is -2.15. The number of aromatic nitrogens is 3. The van der Waals surface area contributed by atoms with Crippen LogP contribution in [-0.4, -0.2) is 26.6 Å². The van der Waals surface area contributed by atoms with Crippen LogP contribution in [-0.2, 0) is 4.79 Å². The predicted molar refractivity (Wildman–Crippen MR) is 113 cm³/mol. The minimum atomic E-state index is -0.330. The van der Waals surface area contributed by atoms with E-state index in [9.17, 15) is 14.4 Å². The Labute approximate surface area is 166 Å². The lowest BCUT2D eigenvalue weighted by atomic mass is 10.2. The standard InChI is InChI=1S/C21H21N3O3S/c1-3-6-14(2)24-18-8-5-4-7-16(18)22-20(24)12-10-15(26)9-11-19-17(13-25)23-21(27)28-19/h4-5,7-14H,3,6H2,1-2H3,(H,23,27)/b11-9+,12-10+. The van der Waals surface area contributed by atoms with Crippen LogP contribution in [0.3, 0.4) is 0 Å². The van der Waals surface area contributed by atoms with Crippen LogP contribution in [0.15, 0.2) is 41.2 Å². The van der Waals surface area contributed by atoms with E-state index in [1.807, 2.05) is 24.3 Å². The lowest BCUT2D eigenvalue weighted by Crippen LogP contribution is -2.07. The number of aldehydes is 1. The van der Waals surface area contributed by atoms with Gasteiger partial charge in [-0.05, 0) is 49.8 Å². The van der Waals surface area contributed by atoms with Crippen molar-refractivity contribution in [2.45, 2.75) is 32.7 Å². The van der Waals surface area contributed by atoms with Crippen molar-refractivity contribution in [1.82, 2.24) is 14.5 Å². The highest BCUT2D eigenvalue weighted by Crippen LogP contribution is 2.24. The number of thiazole rings is 1. The van der Waals surface area contributed by atoms with Crippen molar-refractivity contribution in [2.75, 3.05) is 0 Å². The zero-order valence-electron chi connectivity index (χ0n) is 15.7. The Balaban J connectivity index is 1.87. The molecule has 0 radical (unpaired) electrons. The van der Waals surface area contributed by atoms with Crippen molar-refractivity contribution in [3.63, 3.8) is 0 Å². The highest BCUT2D eigenvalue weighted by molar-refractivity contribution is 7.10. The van der Waals surface area contributed by atoms with Gasteiger partial charge in [-0.1, -0.05) is 36.8 Å². The number of imidazole rings is 1. The molecule has 0 bridgehead atoms. The number of carbonyl (C=O) groups excluding carboxylic acids is 2. The van der Waals surface area contributed by atoms with E-state index >= 15 is 0 Å². The molecular formula is C21H21N3O3S. The number of hydrogen-bond acceptors (Lipinski definition) is 5. The summed E-state index contributed by atoms with van der Waals surface area (Å²) < 4.78 is 2.15. The summed E-state index contributed by atoms with van der Waals surface area (Å²) in [5.74, 6) is 0.475. The number of benzene rings is 1. The maximum atomic E-state index is 12.2. The van der Waals surface area contributed by atoms with E-state index in [4.69, 9.17) is 0 Å². The van der Waals surface area contributed by atoms with E-state index in [0.717, 1.165) is 41.0 Å². The van der Waals surface area contributed by atoms with Crippen molar-refractivity contribution >= 4 is 46.6 Å². The molecule has 0 aliphatic carbocycles. The number of carbonyl (C=O) groups is 2. The SMILES string of the molecule is CCCC(C)n1c(/C=C/C(=O)/C=C/c2sc(=O)[nH]c2C=O)nc2ccccc21. The Morgan fingerprint density at radius 3 is 2.79 bits per heavy atom. The molecule has 1 atom stereocenters. The Bertz CT molecular complexity index is 1120. The van der Waals surface area contributed by atoms with E-state index in [1.165, 1.54) is 18.2 Å². The van der Waals surface area contributed by atoms with Crippen LogP contribution in [0.25, 0.3) is 23.2 Å². The van der Waals surface area contributed by atoms with Crippen LogP contribution in [0.4, 0.5) is 0 Å². The molecule has 3 aromatic rings. The molecule has 0 aliphatic heterocycles. The van der Waals surface area contributed by atoms with Crippen molar-refractivity contribution in [3.05, 3.63) is 62.5 Å². The topological polar surface area (TPSA) is 84.8 Å². The summed E-state index contributed by atoms with van der Waals surface area (Å²) in [6, 6.07) is 8.17. The highest BCUT2D eigenvalue weighted by atomic mass is 32.1. The van der Waals surface area contributed by atoms with E-state index in [2.05, 4.69) is 28.4 Å². The largest absolute Gasteiger partial charge is 0.322 e. The van der Waals surface area contributed by atoms with Gasteiger partial charge in [0.2, 0.25) is 0 Å². The Hall–Kier alpha value is -3.06. The van der Waals surface area contributed by atoms with Crippen molar-refractivity contribution < 1.29 is 9.59 Å². The molecule has 2 aromatic heterocycles. The minimum Gasteiger partial charge on any atom is -0.322 e. The minimum absolute atomic E-state index is 0.179. The van der Waals surface area contributed by atoms with Crippen LogP contribution in [0.5, 0.6) is 0 Å². The maximum Gasteiger partial charge on any atom is 0.305 e. The molecule has 144 valence electrons. The summed E-state index contributed by atoms with van der Waals surface area (Å²) in [7, 11) is 0. The summed E-state index contributed by atoms with van der Waals surface area (Å²) in [6.45, 7) is 4.29. The van der Waals surface area contributed by atoms with Gasteiger partial charge in [-0.2, -0.15) is 0 Å². The molecule has 0 saturated carbocycles. The van der Waals surface area contributed by atoms with Crippen LogP contribution >= 0.6 is 11.3 Å². The van der Waals surface area contributed by atoms with Gasteiger partial charge in [0, 0.05) is 6.04 Å². The van der Waals surface area contributed by atoms with Gasteiger partial charge < -0.3 is 9.55 Å². The van der Waals surface area contributed by atoms with Gasteiger partial charge in [-0.25, -0.2) is 4.98 Å². The fourth-order valence-corrected chi connectivity index (χ4v) is 3.83. The van der Waals surface area contributed by atoms with Gasteiger partial charge in [0.25, 0.3) is 0 Å². The van der Waals surface area contributed by atoms with Gasteiger partial charge in [0.1, 0.15) is 5.82 Å². The lowest BCUT2D eigenvalue weighted by molar-refractivity contribution is -0.110. The molecule has 0 fully saturated rings. The molecule has 3 rings (SSSR count). The molecule has 2 heterocycles. The van der Waals surface area contributed by atoms with Crippen LogP contribution in [0.1, 0.15) is 53.9 Å². The first kappa shape index (κ1) is 19.7. The van der Waals surface area contributed by atoms with Gasteiger partial charge >= 0.3 is 4.87 Å². The highest BCUT2D eigenvalue weighted by Gasteiger charge is 2.13. The normalized spacial score (nSPS) is 12.9. The molecule has 1 aromatic carbocycles. The average molecular weight is 395 g/mol. The molecule has 0 aliphatic rings. The number of nitrogens with zero attached hydrogens (tertiary/aromatic N) is 2. The first-order chi connectivity index (χ1) is 13.5. The molecule has 1 unspecified atom stereocenters. The smallest absolute Gasteiger partial charge is 0.305 e. The number of para-hydroxylation sites is 2. The second-order valence-electron chi connectivity index (χ2n) is 6.45. The zero-order valence-corrected chi connectivity index (χ0v) is 16.5. The summed E-state index contributed by atoms with van der Waals surface area (Å²) in [5, 5.41) is 0. The second-order valence-corrected chi connectivity index (χ2v) is 7.46. The fourth-order valence-electron chi connectivity index (χ4n) is 3.12. The molecule has 7 heteroatoms. The van der Waals surface area contributed by atoms with Crippen molar-refractivity contribution in [3.8, 4) is 0 Å². The van der Waals surface area contributed by atoms with E-state index < -0.39 is 0 Å². The molecule has 0 spiro atoms. The summed E-state index contributed by atoms with van der Waals surface area (Å²) in [5.41, 5.74) is 2.11. The van der Waals surface area contributed by atoms with Gasteiger partial charge in [0.05, 0.1) is 21.6 Å². The summed E-state index contributed by atoms with van der Waals surface area (Å²) in [6.07, 6.45) is 8.59. The average Bonchev–Trinajstić information content (AvgIpc) is 3.24. The van der Waals surface area contributed by atoms with Crippen molar-refractivity contribution in [2.24, 2.45) is 0 Å². The van der Waals surface area contributed by atoms with Gasteiger partial charge in [-0.3, -0.25) is 14.4 Å². The van der Waals surface area contributed by atoms with Crippen LogP contribution < -0.4 is 4.87 Å². The summed E-state index contributed by atoms with van der Waals surface area (Å²) >= 11 is 0.888. The Kier molecular flexibility index (Phi) is 6.16. The van der Waals surface area contributed by atoms with Gasteiger partial charge in [0.15, 0.2) is 12.1 Å².